The van der Waals surface area contributed by atoms with Gasteiger partial charge in [0.2, 0.25) is 0 Å². The molecule has 0 radical (unpaired) electrons. The molecule has 0 spiro atoms. The monoisotopic (exact) mass is 346 g/mol. The molecule has 0 bridgehead atoms. The molecule has 0 unspecified atom stereocenters. The van der Waals surface area contributed by atoms with Crippen molar-refractivity contribution in [2.75, 3.05) is 27.2 Å². The van der Waals surface area contributed by atoms with Crippen LogP contribution in [0.15, 0.2) is 40.9 Å². The van der Waals surface area contributed by atoms with Crippen molar-refractivity contribution in [3.8, 4) is 29.0 Å². The summed E-state index contributed by atoms with van der Waals surface area (Å²) in [6, 6.07) is 11.5. The molecule has 8 nitrogen and oxygen atoms in total. The van der Waals surface area contributed by atoms with Crippen LogP contribution in [0.2, 0.25) is 0 Å². The van der Waals surface area contributed by atoms with Crippen molar-refractivity contribution < 1.29 is 29.1 Å². The third kappa shape index (κ3) is 8.20. The number of carbonyl (C=O) groups is 2. The van der Waals surface area contributed by atoms with Crippen LogP contribution in [0, 0.1) is 11.8 Å². The molecule has 0 aliphatic carbocycles. The zero-order chi connectivity index (χ0) is 18.7. The van der Waals surface area contributed by atoms with Gasteiger partial charge >= 0.3 is 11.9 Å². The number of nitrogens with zero attached hydrogens (tertiary/aromatic N) is 2. The maximum absolute atomic E-state index is 9.10. The molecule has 2 aromatic rings. The predicted molar refractivity (Wildman–Crippen MR) is 89.0 cm³/mol. The smallest absolute Gasteiger partial charge is 0.414 e. The molecule has 0 saturated heterocycles. The van der Waals surface area contributed by atoms with E-state index in [2.05, 4.69) is 17.0 Å². The summed E-state index contributed by atoms with van der Waals surface area (Å²) in [5, 5.41) is 18.6. The number of rotatable bonds is 4. The summed E-state index contributed by atoms with van der Waals surface area (Å²) < 4.78 is 10.6. The largest absolute Gasteiger partial charge is 0.473 e. The van der Waals surface area contributed by atoms with E-state index in [1.54, 1.807) is 6.07 Å². The normalized spacial score (nSPS) is 9.40. The van der Waals surface area contributed by atoms with Crippen LogP contribution in [0.1, 0.15) is 0 Å². The second-order valence-electron chi connectivity index (χ2n) is 4.89. The topological polar surface area (TPSA) is 113 Å². The van der Waals surface area contributed by atoms with Gasteiger partial charge in [0.15, 0.2) is 12.4 Å². The number of hydrogen-bond acceptors (Lipinski definition) is 6. The lowest BCUT2D eigenvalue weighted by atomic mass is 10.2. The Morgan fingerprint density at radius 3 is 2.36 bits per heavy atom. The highest BCUT2D eigenvalue weighted by molar-refractivity contribution is 6.27. The average Bonchev–Trinajstić information content (AvgIpc) is 3.04. The van der Waals surface area contributed by atoms with Gasteiger partial charge in [0.1, 0.15) is 0 Å². The molecule has 132 valence electrons. The van der Waals surface area contributed by atoms with Crippen molar-refractivity contribution in [1.82, 2.24) is 10.1 Å². The Morgan fingerprint density at radius 1 is 1.16 bits per heavy atom. The molecule has 8 heteroatoms. The summed E-state index contributed by atoms with van der Waals surface area (Å²) in [7, 11) is 3.94. The van der Waals surface area contributed by atoms with Crippen LogP contribution in [0.5, 0.6) is 5.88 Å². The minimum Gasteiger partial charge on any atom is -0.473 e. The third-order valence-corrected chi connectivity index (χ3v) is 2.54. The summed E-state index contributed by atoms with van der Waals surface area (Å²) in [4.78, 5) is 20.2. The van der Waals surface area contributed by atoms with Gasteiger partial charge in [-0.25, -0.2) is 9.59 Å². The van der Waals surface area contributed by atoms with E-state index in [-0.39, 0.29) is 0 Å². The van der Waals surface area contributed by atoms with Crippen LogP contribution in [-0.2, 0) is 9.59 Å². The van der Waals surface area contributed by atoms with Gasteiger partial charge in [-0.1, -0.05) is 42.2 Å². The lowest BCUT2D eigenvalue weighted by Crippen LogP contribution is -2.11. The fourth-order valence-corrected chi connectivity index (χ4v) is 1.44. The fraction of sp³-hybridized carbons (Fsp3) is 0.235. The van der Waals surface area contributed by atoms with Gasteiger partial charge in [-0.05, 0) is 19.3 Å². The summed E-state index contributed by atoms with van der Waals surface area (Å²) in [5.41, 5.74) is 0.976. The molecule has 0 saturated carbocycles. The quantitative estimate of drug-likeness (QED) is 0.631. The summed E-state index contributed by atoms with van der Waals surface area (Å²) >= 11 is 0. The van der Waals surface area contributed by atoms with Gasteiger partial charge in [-0.15, -0.1) is 0 Å². The Hall–Kier alpha value is -3.31. The minimum atomic E-state index is -1.82. The molecular formula is C17H18N2O6. The third-order valence-electron chi connectivity index (χ3n) is 2.54. The number of aromatic nitrogens is 1. The van der Waals surface area contributed by atoms with E-state index in [4.69, 9.17) is 29.1 Å². The standard InChI is InChI=1S/C15H16N2O2.C2H2O4/c1-17(2)10-6-7-11-18-15-12-14(19-16-15)13-8-4-3-5-9-13;3-1(4)2(5)6/h3-5,8-9,12H,10-11H2,1-2H3;(H,3,4)(H,5,6). The first kappa shape index (κ1) is 19.7. The van der Waals surface area contributed by atoms with Crippen LogP contribution < -0.4 is 4.74 Å². The van der Waals surface area contributed by atoms with E-state index in [9.17, 15) is 0 Å². The van der Waals surface area contributed by atoms with Crippen molar-refractivity contribution in [3.63, 3.8) is 0 Å². The van der Waals surface area contributed by atoms with E-state index in [0.717, 1.165) is 12.1 Å². The number of aliphatic carboxylic acids is 2. The molecule has 0 aliphatic rings. The Morgan fingerprint density at radius 2 is 1.80 bits per heavy atom. The molecule has 2 rings (SSSR count). The van der Waals surface area contributed by atoms with Crippen molar-refractivity contribution in [2.45, 2.75) is 0 Å². The van der Waals surface area contributed by atoms with Gasteiger partial charge in [0, 0.05) is 11.6 Å². The van der Waals surface area contributed by atoms with Crippen molar-refractivity contribution in [1.29, 1.82) is 0 Å². The molecule has 0 amide bonds. The molecule has 1 aromatic carbocycles. The molecule has 0 fully saturated rings. The van der Waals surface area contributed by atoms with E-state index < -0.39 is 11.9 Å². The van der Waals surface area contributed by atoms with E-state index in [0.29, 0.717) is 18.2 Å². The van der Waals surface area contributed by atoms with Gasteiger partial charge in [-0.2, -0.15) is 0 Å². The molecule has 1 aromatic heterocycles. The maximum atomic E-state index is 9.10. The van der Waals surface area contributed by atoms with Crippen LogP contribution in [0.25, 0.3) is 11.3 Å². The van der Waals surface area contributed by atoms with Crippen molar-refractivity contribution in [3.05, 3.63) is 36.4 Å². The molecular weight excluding hydrogens is 328 g/mol. The Balaban J connectivity index is 0.000000450. The summed E-state index contributed by atoms with van der Waals surface area (Å²) in [6.07, 6.45) is 0. The Bertz CT molecular complexity index is 731. The van der Waals surface area contributed by atoms with E-state index >= 15 is 0 Å². The summed E-state index contributed by atoms with van der Waals surface area (Å²) in [6.45, 7) is 1.03. The number of carboxylic acids is 2. The van der Waals surface area contributed by atoms with Gasteiger partial charge in [0.05, 0.1) is 6.54 Å². The molecule has 0 atom stereocenters. The van der Waals surface area contributed by atoms with Gasteiger partial charge < -0.3 is 19.5 Å². The first-order chi connectivity index (χ1) is 11.9. The highest BCUT2D eigenvalue weighted by Crippen LogP contribution is 2.22. The number of carboxylic acid groups (broad SMARTS) is 2. The van der Waals surface area contributed by atoms with Crippen LogP contribution >= 0.6 is 0 Å². The first-order valence-electron chi connectivity index (χ1n) is 7.11. The average molecular weight is 346 g/mol. The molecule has 25 heavy (non-hydrogen) atoms. The first-order valence-corrected chi connectivity index (χ1v) is 7.11. The van der Waals surface area contributed by atoms with Crippen molar-refractivity contribution in [2.24, 2.45) is 0 Å². The SMILES string of the molecule is CN(C)CC#CCOc1cc(-c2ccccc2)on1.O=C(O)C(=O)O. The van der Waals surface area contributed by atoms with Crippen LogP contribution in [-0.4, -0.2) is 59.5 Å². The van der Waals surface area contributed by atoms with E-state index in [1.807, 2.05) is 49.3 Å². The Kier molecular flexibility index (Phi) is 8.26. The minimum absolute atomic E-state index is 0.314. The van der Waals surface area contributed by atoms with Crippen molar-refractivity contribution >= 4 is 11.9 Å². The molecule has 2 N–H and O–H groups in total. The predicted octanol–water partition coefficient (Wildman–Crippen LogP) is 1.44. The van der Waals surface area contributed by atoms with Gasteiger partial charge in [0.25, 0.3) is 5.88 Å². The zero-order valence-corrected chi connectivity index (χ0v) is 13.8. The lowest BCUT2D eigenvalue weighted by Gasteiger charge is -2.00. The van der Waals surface area contributed by atoms with E-state index in [1.165, 1.54) is 0 Å². The Labute approximate surface area is 144 Å². The second kappa shape index (κ2) is 10.5. The molecule has 1 heterocycles. The molecule has 0 aliphatic heterocycles. The van der Waals surface area contributed by atoms with Gasteiger partial charge in [-0.3, -0.25) is 4.90 Å². The fourth-order valence-electron chi connectivity index (χ4n) is 1.44. The van der Waals surface area contributed by atoms with Crippen LogP contribution in [0.3, 0.4) is 0 Å². The zero-order valence-electron chi connectivity index (χ0n) is 13.8. The van der Waals surface area contributed by atoms with Crippen LogP contribution in [0.4, 0.5) is 0 Å². The maximum Gasteiger partial charge on any atom is 0.414 e. The summed E-state index contributed by atoms with van der Waals surface area (Å²) in [5.74, 6) is 3.40. The number of ether oxygens (including phenoxy) is 1. The highest BCUT2D eigenvalue weighted by atomic mass is 16.5. The highest BCUT2D eigenvalue weighted by Gasteiger charge is 2.06. The lowest BCUT2D eigenvalue weighted by molar-refractivity contribution is -0.159. The number of hydrogen-bond donors (Lipinski definition) is 2. The second-order valence-corrected chi connectivity index (χ2v) is 4.89. The number of benzene rings is 1.